The van der Waals surface area contributed by atoms with E-state index >= 15 is 0 Å². The first-order chi connectivity index (χ1) is 12.9. The summed E-state index contributed by atoms with van der Waals surface area (Å²) >= 11 is 6.01. The van der Waals surface area contributed by atoms with Crippen LogP contribution in [0.5, 0.6) is 0 Å². The molecule has 0 saturated carbocycles. The second-order valence-electron chi connectivity index (χ2n) is 7.22. The van der Waals surface area contributed by atoms with Gasteiger partial charge in [0, 0.05) is 57.4 Å². The average Bonchev–Trinajstić information content (AvgIpc) is 2.65. The number of piperazine rings is 1. The molecule has 1 aromatic rings. The molecule has 0 atom stereocenters. The number of benzene rings is 1. The van der Waals surface area contributed by atoms with Crippen molar-refractivity contribution in [3.8, 4) is 0 Å². The standard InChI is InChI=1S/C20H32ClN5O/c1-16(2)24(4)9-8-23-20(22-3)26-12-10-25(11-13-26)19(27)15-17-6-5-7-18(21)14-17/h5-7,14,16H,8-13,15H2,1-4H3,(H,22,23). The van der Waals surface area contributed by atoms with Crippen molar-refractivity contribution in [2.75, 3.05) is 53.4 Å². The van der Waals surface area contributed by atoms with E-state index < -0.39 is 0 Å². The van der Waals surface area contributed by atoms with Crippen LogP contribution in [0.4, 0.5) is 0 Å². The lowest BCUT2D eigenvalue weighted by Gasteiger charge is -2.36. The highest BCUT2D eigenvalue weighted by molar-refractivity contribution is 6.30. The number of carbonyl (C=O) groups is 1. The van der Waals surface area contributed by atoms with E-state index in [0.717, 1.165) is 37.7 Å². The summed E-state index contributed by atoms with van der Waals surface area (Å²) in [6.45, 7) is 9.22. The van der Waals surface area contributed by atoms with Gasteiger partial charge in [0.1, 0.15) is 0 Å². The number of amides is 1. The molecule has 1 aliphatic rings. The van der Waals surface area contributed by atoms with Crippen molar-refractivity contribution >= 4 is 23.5 Å². The molecule has 1 N–H and O–H groups in total. The zero-order chi connectivity index (χ0) is 19.8. The first-order valence-electron chi connectivity index (χ1n) is 9.58. The maximum absolute atomic E-state index is 12.5. The smallest absolute Gasteiger partial charge is 0.227 e. The molecule has 27 heavy (non-hydrogen) atoms. The van der Waals surface area contributed by atoms with E-state index in [0.29, 0.717) is 30.6 Å². The molecule has 1 fully saturated rings. The van der Waals surface area contributed by atoms with Crippen LogP contribution < -0.4 is 5.32 Å². The van der Waals surface area contributed by atoms with Crippen LogP contribution >= 0.6 is 11.6 Å². The van der Waals surface area contributed by atoms with E-state index in [1.54, 1.807) is 0 Å². The molecule has 2 rings (SSSR count). The second kappa shape index (κ2) is 10.5. The minimum atomic E-state index is 0.151. The van der Waals surface area contributed by atoms with Gasteiger partial charge in [-0.05, 0) is 38.6 Å². The van der Waals surface area contributed by atoms with Crippen LogP contribution in [0.2, 0.25) is 5.02 Å². The molecular weight excluding hydrogens is 362 g/mol. The first-order valence-corrected chi connectivity index (χ1v) is 9.96. The lowest BCUT2D eigenvalue weighted by molar-refractivity contribution is -0.131. The normalized spacial score (nSPS) is 15.6. The van der Waals surface area contributed by atoms with Gasteiger partial charge in [-0.15, -0.1) is 0 Å². The Balaban J connectivity index is 1.78. The molecule has 1 amide bonds. The third-order valence-corrected chi connectivity index (χ3v) is 5.25. The summed E-state index contributed by atoms with van der Waals surface area (Å²) in [7, 11) is 3.94. The third kappa shape index (κ3) is 6.70. The summed E-state index contributed by atoms with van der Waals surface area (Å²) in [6, 6.07) is 8.04. The Morgan fingerprint density at radius 3 is 2.52 bits per heavy atom. The molecular formula is C20H32ClN5O. The summed E-state index contributed by atoms with van der Waals surface area (Å²) in [5, 5.41) is 4.10. The number of aliphatic imine (C=N–C) groups is 1. The van der Waals surface area contributed by atoms with Crippen molar-refractivity contribution in [2.45, 2.75) is 26.3 Å². The zero-order valence-electron chi connectivity index (χ0n) is 16.9. The average molecular weight is 394 g/mol. The monoisotopic (exact) mass is 393 g/mol. The number of hydrogen-bond acceptors (Lipinski definition) is 3. The molecule has 0 spiro atoms. The summed E-state index contributed by atoms with van der Waals surface area (Å²) in [5.74, 6) is 1.06. The number of likely N-dealkylation sites (N-methyl/N-ethyl adjacent to an activating group) is 1. The van der Waals surface area contributed by atoms with Gasteiger partial charge in [-0.25, -0.2) is 0 Å². The minimum Gasteiger partial charge on any atom is -0.355 e. The van der Waals surface area contributed by atoms with Crippen LogP contribution in [0.1, 0.15) is 19.4 Å². The van der Waals surface area contributed by atoms with Crippen molar-refractivity contribution < 1.29 is 4.79 Å². The fourth-order valence-corrected chi connectivity index (χ4v) is 3.25. The fourth-order valence-electron chi connectivity index (χ4n) is 3.04. The van der Waals surface area contributed by atoms with Crippen molar-refractivity contribution in [3.63, 3.8) is 0 Å². The van der Waals surface area contributed by atoms with E-state index in [-0.39, 0.29) is 5.91 Å². The number of carbonyl (C=O) groups excluding carboxylic acids is 1. The number of nitrogens with one attached hydrogen (secondary N) is 1. The van der Waals surface area contributed by atoms with Gasteiger partial charge in [0.05, 0.1) is 6.42 Å². The van der Waals surface area contributed by atoms with Crippen molar-refractivity contribution in [1.82, 2.24) is 20.0 Å². The second-order valence-corrected chi connectivity index (χ2v) is 7.66. The lowest BCUT2D eigenvalue weighted by atomic mass is 10.1. The van der Waals surface area contributed by atoms with Crippen molar-refractivity contribution in [1.29, 1.82) is 0 Å². The van der Waals surface area contributed by atoms with Gasteiger partial charge in [0.2, 0.25) is 5.91 Å². The molecule has 0 unspecified atom stereocenters. The van der Waals surface area contributed by atoms with Crippen LogP contribution in [0.25, 0.3) is 0 Å². The summed E-state index contributed by atoms with van der Waals surface area (Å²) in [6.07, 6.45) is 0.398. The highest BCUT2D eigenvalue weighted by Crippen LogP contribution is 2.13. The molecule has 1 aromatic carbocycles. The molecule has 0 radical (unpaired) electrons. The molecule has 1 aliphatic heterocycles. The Hall–Kier alpha value is -1.79. The molecule has 6 nitrogen and oxygen atoms in total. The number of rotatable bonds is 6. The molecule has 1 saturated heterocycles. The number of guanidine groups is 1. The van der Waals surface area contributed by atoms with Gasteiger partial charge in [0.15, 0.2) is 5.96 Å². The lowest BCUT2D eigenvalue weighted by Crippen LogP contribution is -2.54. The van der Waals surface area contributed by atoms with Gasteiger partial charge in [-0.3, -0.25) is 9.79 Å². The largest absolute Gasteiger partial charge is 0.355 e. The molecule has 7 heteroatoms. The number of nitrogens with zero attached hydrogens (tertiary/aromatic N) is 4. The van der Waals surface area contributed by atoms with Gasteiger partial charge in [-0.1, -0.05) is 23.7 Å². The van der Waals surface area contributed by atoms with Gasteiger partial charge >= 0.3 is 0 Å². The number of halogens is 1. The topological polar surface area (TPSA) is 51.2 Å². The molecule has 0 aromatic heterocycles. The fraction of sp³-hybridized carbons (Fsp3) is 0.600. The Morgan fingerprint density at radius 2 is 1.93 bits per heavy atom. The maximum Gasteiger partial charge on any atom is 0.227 e. The quantitative estimate of drug-likeness (QED) is 0.592. The molecule has 150 valence electrons. The summed E-state index contributed by atoms with van der Waals surface area (Å²) < 4.78 is 0. The Kier molecular flexibility index (Phi) is 8.38. The van der Waals surface area contributed by atoms with E-state index in [1.165, 1.54) is 0 Å². The van der Waals surface area contributed by atoms with Crippen molar-refractivity contribution in [2.24, 2.45) is 4.99 Å². The van der Waals surface area contributed by atoms with Crippen LogP contribution in [0, 0.1) is 0 Å². The Labute approximate surface area is 168 Å². The predicted octanol–water partition coefficient (Wildman–Crippen LogP) is 1.94. The highest BCUT2D eigenvalue weighted by atomic mass is 35.5. The summed E-state index contributed by atoms with van der Waals surface area (Å²) in [5.41, 5.74) is 0.960. The van der Waals surface area contributed by atoms with E-state index in [4.69, 9.17) is 11.6 Å². The molecule has 0 bridgehead atoms. The molecule has 0 aliphatic carbocycles. The Morgan fingerprint density at radius 1 is 1.26 bits per heavy atom. The van der Waals surface area contributed by atoms with Crippen LogP contribution in [0.3, 0.4) is 0 Å². The minimum absolute atomic E-state index is 0.151. The molecule has 1 heterocycles. The van der Waals surface area contributed by atoms with E-state index in [1.807, 2.05) is 36.2 Å². The maximum atomic E-state index is 12.5. The summed E-state index contributed by atoms with van der Waals surface area (Å²) in [4.78, 5) is 23.4. The van der Waals surface area contributed by atoms with Crippen molar-refractivity contribution in [3.05, 3.63) is 34.9 Å². The van der Waals surface area contributed by atoms with E-state index in [9.17, 15) is 4.79 Å². The highest BCUT2D eigenvalue weighted by Gasteiger charge is 2.23. The van der Waals surface area contributed by atoms with Crippen LogP contribution in [0.15, 0.2) is 29.3 Å². The SMILES string of the molecule is CN=C(NCCN(C)C(C)C)N1CCN(C(=O)Cc2cccc(Cl)c2)CC1. The van der Waals surface area contributed by atoms with E-state index in [2.05, 4.69) is 41.0 Å². The Bertz CT molecular complexity index is 641. The predicted molar refractivity (Wildman–Crippen MR) is 112 cm³/mol. The number of hydrogen-bond donors (Lipinski definition) is 1. The third-order valence-electron chi connectivity index (χ3n) is 5.02. The van der Waals surface area contributed by atoms with Gasteiger partial charge in [0.25, 0.3) is 0 Å². The first kappa shape index (κ1) is 21.5. The van der Waals surface area contributed by atoms with Gasteiger partial charge in [-0.2, -0.15) is 0 Å². The van der Waals surface area contributed by atoms with Gasteiger partial charge < -0.3 is 20.0 Å². The van der Waals surface area contributed by atoms with Crippen LogP contribution in [-0.4, -0.2) is 86.0 Å². The van der Waals surface area contributed by atoms with Crippen LogP contribution in [-0.2, 0) is 11.2 Å². The zero-order valence-corrected chi connectivity index (χ0v) is 17.7.